The number of nitro benzene ring substituents is 1. The van der Waals surface area contributed by atoms with Crippen molar-refractivity contribution in [2.45, 2.75) is 23.8 Å². The Hall–Kier alpha value is -1.71. The summed E-state index contributed by atoms with van der Waals surface area (Å²) in [5.41, 5.74) is -0.533. The van der Waals surface area contributed by atoms with E-state index in [1.807, 2.05) is 0 Å². The zero-order valence-electron chi connectivity index (χ0n) is 11.4. The van der Waals surface area contributed by atoms with Crippen LogP contribution in [0.15, 0.2) is 23.1 Å². The van der Waals surface area contributed by atoms with Gasteiger partial charge in [0, 0.05) is 13.1 Å². The van der Waals surface area contributed by atoms with Crippen molar-refractivity contribution in [3.05, 3.63) is 28.3 Å². The van der Waals surface area contributed by atoms with E-state index in [9.17, 15) is 23.6 Å². The number of ether oxygens (including phenoxy) is 1. The highest BCUT2D eigenvalue weighted by Crippen LogP contribution is 2.31. The third kappa shape index (κ3) is 3.14. The van der Waals surface area contributed by atoms with Crippen LogP contribution in [0.1, 0.15) is 12.8 Å². The summed E-state index contributed by atoms with van der Waals surface area (Å²) in [5.74, 6) is 0.208. The van der Waals surface area contributed by atoms with Crippen molar-refractivity contribution in [2.24, 2.45) is 0 Å². The van der Waals surface area contributed by atoms with Gasteiger partial charge in [0.25, 0.3) is 5.69 Å². The molecule has 1 aromatic carbocycles. The number of aliphatic hydroxyl groups is 1. The molecule has 0 spiro atoms. The molecule has 116 valence electrons. The van der Waals surface area contributed by atoms with E-state index in [0.717, 1.165) is 16.4 Å². The molecule has 21 heavy (non-hydrogen) atoms. The number of sulfonamides is 1. The molecule has 0 aromatic heterocycles. The summed E-state index contributed by atoms with van der Waals surface area (Å²) in [6, 6.07) is 3.60. The molecule has 1 N–H and O–H groups in total. The zero-order chi connectivity index (χ0) is 15.6. The number of nitro groups is 1. The van der Waals surface area contributed by atoms with Crippen molar-refractivity contribution in [1.82, 2.24) is 4.31 Å². The van der Waals surface area contributed by atoms with E-state index in [0.29, 0.717) is 12.8 Å². The van der Waals surface area contributed by atoms with Gasteiger partial charge in [-0.1, -0.05) is 0 Å². The average molecular weight is 316 g/mol. The minimum Gasteiger partial charge on any atom is -0.497 e. The molecule has 1 unspecified atom stereocenters. The van der Waals surface area contributed by atoms with Crippen LogP contribution in [0.3, 0.4) is 0 Å². The van der Waals surface area contributed by atoms with Gasteiger partial charge in [-0.15, -0.1) is 0 Å². The van der Waals surface area contributed by atoms with Gasteiger partial charge < -0.3 is 9.84 Å². The van der Waals surface area contributed by atoms with E-state index in [1.165, 1.54) is 13.2 Å². The predicted octanol–water partition coefficient (Wildman–Crippen LogP) is 0.749. The van der Waals surface area contributed by atoms with Gasteiger partial charge in [-0.25, -0.2) is 8.42 Å². The second-order valence-electron chi connectivity index (χ2n) is 4.75. The van der Waals surface area contributed by atoms with Crippen molar-refractivity contribution in [2.75, 3.05) is 20.2 Å². The topological polar surface area (TPSA) is 110 Å². The van der Waals surface area contributed by atoms with Gasteiger partial charge in [0.1, 0.15) is 5.75 Å². The Kier molecular flexibility index (Phi) is 4.45. The minimum absolute atomic E-state index is 0.0501. The lowest BCUT2D eigenvalue weighted by atomic mass is 10.1. The number of piperidine rings is 1. The average Bonchev–Trinajstić information content (AvgIpc) is 2.46. The summed E-state index contributed by atoms with van der Waals surface area (Å²) in [6.45, 7) is 0.189. The monoisotopic (exact) mass is 316 g/mol. The Morgan fingerprint density at radius 1 is 1.48 bits per heavy atom. The van der Waals surface area contributed by atoms with Gasteiger partial charge in [-0.05, 0) is 25.0 Å². The fourth-order valence-corrected chi connectivity index (χ4v) is 3.92. The third-order valence-corrected chi connectivity index (χ3v) is 5.25. The molecule has 0 saturated carbocycles. The van der Waals surface area contributed by atoms with E-state index in [4.69, 9.17) is 4.74 Å². The summed E-state index contributed by atoms with van der Waals surface area (Å²) in [6.07, 6.45) is 0.298. The Bertz CT molecular complexity index is 645. The van der Waals surface area contributed by atoms with Crippen molar-refractivity contribution < 1.29 is 23.2 Å². The van der Waals surface area contributed by atoms with Crippen LogP contribution in [0.4, 0.5) is 5.69 Å². The molecular formula is C12H16N2O6S. The third-order valence-electron chi connectivity index (χ3n) is 3.34. The smallest absolute Gasteiger partial charge is 0.293 e. The molecule has 0 amide bonds. The van der Waals surface area contributed by atoms with Gasteiger partial charge >= 0.3 is 0 Å². The number of nitrogens with zero attached hydrogens (tertiary/aromatic N) is 2. The van der Waals surface area contributed by atoms with E-state index < -0.39 is 26.7 Å². The summed E-state index contributed by atoms with van der Waals surface area (Å²) >= 11 is 0. The molecule has 1 aliphatic heterocycles. The lowest BCUT2D eigenvalue weighted by Gasteiger charge is -2.29. The number of benzene rings is 1. The fraction of sp³-hybridized carbons (Fsp3) is 0.500. The molecule has 1 heterocycles. The molecule has 2 rings (SSSR count). The second kappa shape index (κ2) is 5.96. The first-order valence-electron chi connectivity index (χ1n) is 6.37. The SMILES string of the molecule is COc1ccc(S(=O)(=O)N2CCCC(O)C2)c([N+](=O)[O-])c1. The summed E-state index contributed by atoms with van der Waals surface area (Å²) in [5, 5.41) is 20.7. The largest absolute Gasteiger partial charge is 0.497 e. The number of rotatable bonds is 4. The number of methoxy groups -OCH3 is 1. The molecule has 1 aromatic rings. The highest BCUT2D eigenvalue weighted by Gasteiger charge is 2.34. The van der Waals surface area contributed by atoms with Crippen LogP contribution in [0.2, 0.25) is 0 Å². The normalized spacial score (nSPS) is 20.2. The first-order valence-corrected chi connectivity index (χ1v) is 7.81. The van der Waals surface area contributed by atoms with Gasteiger partial charge in [0.05, 0.1) is 24.2 Å². The predicted molar refractivity (Wildman–Crippen MR) is 73.6 cm³/mol. The maximum atomic E-state index is 12.5. The number of hydrogen-bond donors (Lipinski definition) is 1. The first kappa shape index (κ1) is 15.7. The maximum absolute atomic E-state index is 12.5. The highest BCUT2D eigenvalue weighted by molar-refractivity contribution is 7.89. The van der Waals surface area contributed by atoms with Crippen molar-refractivity contribution in [3.8, 4) is 5.75 Å². The fourth-order valence-electron chi connectivity index (χ4n) is 2.26. The Balaban J connectivity index is 2.46. The van der Waals surface area contributed by atoms with Gasteiger partial charge in [0.15, 0.2) is 4.90 Å². The summed E-state index contributed by atoms with van der Waals surface area (Å²) in [7, 11) is -2.68. The van der Waals surface area contributed by atoms with E-state index in [2.05, 4.69) is 0 Å². The lowest BCUT2D eigenvalue weighted by molar-refractivity contribution is -0.387. The first-order chi connectivity index (χ1) is 9.86. The van der Waals surface area contributed by atoms with Crippen molar-refractivity contribution in [1.29, 1.82) is 0 Å². The molecule has 1 atom stereocenters. The summed E-state index contributed by atoms with van der Waals surface area (Å²) in [4.78, 5) is 9.96. The molecule has 0 radical (unpaired) electrons. The van der Waals surface area contributed by atoms with Gasteiger partial charge in [-0.2, -0.15) is 4.31 Å². The second-order valence-corrected chi connectivity index (χ2v) is 6.66. The van der Waals surface area contributed by atoms with E-state index in [-0.39, 0.29) is 23.7 Å². The highest BCUT2D eigenvalue weighted by atomic mass is 32.2. The molecule has 8 nitrogen and oxygen atoms in total. The molecule has 0 bridgehead atoms. The van der Waals surface area contributed by atoms with Crippen LogP contribution < -0.4 is 4.74 Å². The van der Waals surface area contributed by atoms with Crippen molar-refractivity contribution in [3.63, 3.8) is 0 Å². The van der Waals surface area contributed by atoms with Crippen LogP contribution in [0.5, 0.6) is 5.75 Å². The summed E-state index contributed by atoms with van der Waals surface area (Å²) < 4.78 is 31.0. The molecule has 0 aliphatic carbocycles. The quantitative estimate of drug-likeness (QED) is 0.648. The van der Waals surface area contributed by atoms with E-state index in [1.54, 1.807) is 0 Å². The molecule has 1 fully saturated rings. The van der Waals surface area contributed by atoms with Crippen LogP contribution >= 0.6 is 0 Å². The number of aliphatic hydroxyl groups excluding tert-OH is 1. The van der Waals surface area contributed by atoms with Gasteiger partial charge in [-0.3, -0.25) is 10.1 Å². The van der Waals surface area contributed by atoms with E-state index >= 15 is 0 Å². The lowest BCUT2D eigenvalue weighted by Crippen LogP contribution is -2.42. The zero-order valence-corrected chi connectivity index (χ0v) is 12.2. The minimum atomic E-state index is -4.02. The molecule has 1 saturated heterocycles. The Morgan fingerprint density at radius 2 is 2.19 bits per heavy atom. The van der Waals surface area contributed by atoms with Crippen LogP contribution in [-0.2, 0) is 10.0 Å². The maximum Gasteiger partial charge on any atom is 0.293 e. The number of β-amino-alcohol motifs (C(OH)–C–C–N with tert-alkyl or cyclic N) is 1. The Morgan fingerprint density at radius 3 is 2.76 bits per heavy atom. The Labute approximate surface area is 122 Å². The number of hydrogen-bond acceptors (Lipinski definition) is 6. The molecular weight excluding hydrogens is 300 g/mol. The van der Waals surface area contributed by atoms with Crippen LogP contribution in [-0.4, -0.2) is 49.1 Å². The molecule has 9 heteroatoms. The molecule has 1 aliphatic rings. The standard InChI is InChI=1S/C12H16N2O6S/c1-20-10-4-5-12(11(7-10)14(16)17)21(18,19)13-6-2-3-9(15)8-13/h4-5,7,9,15H,2-3,6,8H2,1H3. The van der Waals surface area contributed by atoms with Crippen LogP contribution in [0, 0.1) is 10.1 Å². The van der Waals surface area contributed by atoms with Crippen LogP contribution in [0.25, 0.3) is 0 Å². The van der Waals surface area contributed by atoms with Gasteiger partial charge in [0.2, 0.25) is 10.0 Å². The van der Waals surface area contributed by atoms with Crippen molar-refractivity contribution >= 4 is 15.7 Å².